The van der Waals surface area contributed by atoms with Crippen molar-refractivity contribution in [2.75, 3.05) is 20.7 Å². The molecule has 4 heteroatoms. The highest BCUT2D eigenvalue weighted by Crippen LogP contribution is 2.34. The Kier molecular flexibility index (Phi) is 5.80. The van der Waals surface area contributed by atoms with Crippen LogP contribution < -0.4 is 4.74 Å². The van der Waals surface area contributed by atoms with Gasteiger partial charge in [-0.25, -0.2) is 0 Å². The van der Waals surface area contributed by atoms with Gasteiger partial charge in [-0.2, -0.15) is 0 Å². The smallest absolute Gasteiger partial charge is 0.241 e. The number of likely N-dealkylation sites (N-methyl/N-ethyl adjacent to an activating group) is 1. The molecule has 1 aliphatic heterocycles. The van der Waals surface area contributed by atoms with Gasteiger partial charge < -0.3 is 9.64 Å². The third-order valence-electron chi connectivity index (χ3n) is 5.81. The largest absolute Gasteiger partial charge is 0.497 e. The van der Waals surface area contributed by atoms with Gasteiger partial charge in [0, 0.05) is 6.54 Å². The van der Waals surface area contributed by atoms with Crippen molar-refractivity contribution >= 4 is 5.91 Å². The Hall–Kier alpha value is -2.33. The first kappa shape index (κ1) is 20.4. The second-order valence-corrected chi connectivity index (χ2v) is 8.72. The summed E-state index contributed by atoms with van der Waals surface area (Å²) in [5.41, 5.74) is 3.80. The van der Waals surface area contributed by atoms with Crippen LogP contribution in [0.2, 0.25) is 0 Å². The monoisotopic (exact) mass is 380 g/mol. The predicted molar refractivity (Wildman–Crippen MR) is 114 cm³/mol. The average molecular weight is 381 g/mol. The molecule has 1 saturated heterocycles. The molecule has 1 heterocycles. The molecule has 1 amide bonds. The molecule has 0 bridgehead atoms. The van der Waals surface area contributed by atoms with Gasteiger partial charge in [-0.3, -0.25) is 9.69 Å². The lowest BCUT2D eigenvalue weighted by Gasteiger charge is -2.29. The fraction of sp³-hybridized carbons (Fsp3) is 0.458. The van der Waals surface area contributed by atoms with Crippen molar-refractivity contribution in [3.8, 4) is 5.75 Å². The van der Waals surface area contributed by atoms with Crippen molar-refractivity contribution in [2.45, 2.75) is 51.7 Å². The van der Waals surface area contributed by atoms with Crippen LogP contribution in [0.25, 0.3) is 0 Å². The molecule has 2 unspecified atom stereocenters. The number of methoxy groups -OCH3 is 1. The Morgan fingerprint density at radius 2 is 1.61 bits per heavy atom. The molecule has 1 aliphatic rings. The Labute approximate surface area is 169 Å². The third kappa shape index (κ3) is 4.07. The van der Waals surface area contributed by atoms with E-state index in [1.54, 1.807) is 7.11 Å². The van der Waals surface area contributed by atoms with E-state index in [2.05, 4.69) is 62.1 Å². The summed E-state index contributed by atoms with van der Waals surface area (Å²) in [5.74, 6) is 1.05. The van der Waals surface area contributed by atoms with Crippen LogP contribution in [-0.4, -0.2) is 42.5 Å². The van der Waals surface area contributed by atoms with Gasteiger partial charge in [-0.15, -0.1) is 0 Å². The number of benzene rings is 2. The highest BCUT2D eigenvalue weighted by molar-refractivity contribution is 5.84. The Morgan fingerprint density at radius 1 is 1.00 bits per heavy atom. The van der Waals surface area contributed by atoms with Crippen LogP contribution in [0.3, 0.4) is 0 Å². The number of nitrogens with zero attached hydrogens (tertiary/aromatic N) is 2. The zero-order valence-corrected chi connectivity index (χ0v) is 17.9. The van der Waals surface area contributed by atoms with E-state index in [1.807, 2.05) is 31.0 Å². The van der Waals surface area contributed by atoms with Gasteiger partial charge in [-0.05, 0) is 54.6 Å². The highest BCUT2D eigenvalue weighted by Gasteiger charge is 2.41. The number of carbonyl (C=O) groups is 1. The zero-order valence-electron chi connectivity index (χ0n) is 17.9. The van der Waals surface area contributed by atoms with Gasteiger partial charge >= 0.3 is 0 Å². The fourth-order valence-electron chi connectivity index (χ4n) is 3.81. The summed E-state index contributed by atoms with van der Waals surface area (Å²) in [6, 6.07) is 16.7. The van der Waals surface area contributed by atoms with Crippen LogP contribution in [0.4, 0.5) is 0 Å². The Bertz CT molecular complexity index is 806. The minimum absolute atomic E-state index is 0.0187. The zero-order chi connectivity index (χ0) is 20.5. The molecule has 0 N–H and O–H groups in total. The van der Waals surface area contributed by atoms with Crippen LogP contribution in [0.1, 0.15) is 50.6 Å². The molecule has 28 heavy (non-hydrogen) atoms. The number of carbonyl (C=O) groups excluding carboxylic acids is 1. The molecular weight excluding hydrogens is 348 g/mol. The lowest BCUT2D eigenvalue weighted by atomic mass is 9.86. The van der Waals surface area contributed by atoms with Gasteiger partial charge in [0.15, 0.2) is 0 Å². The van der Waals surface area contributed by atoms with Crippen molar-refractivity contribution in [1.29, 1.82) is 0 Å². The molecule has 4 nitrogen and oxygen atoms in total. The molecule has 0 spiro atoms. The van der Waals surface area contributed by atoms with E-state index in [0.717, 1.165) is 12.2 Å². The summed E-state index contributed by atoms with van der Waals surface area (Å²) in [7, 11) is 3.71. The molecule has 2 atom stereocenters. The normalized spacial score (nSPS) is 20.6. The van der Waals surface area contributed by atoms with Gasteiger partial charge in [0.2, 0.25) is 5.91 Å². The molecule has 0 aliphatic carbocycles. The van der Waals surface area contributed by atoms with Crippen molar-refractivity contribution in [2.24, 2.45) is 0 Å². The number of amides is 1. The Balaban J connectivity index is 1.80. The van der Waals surface area contributed by atoms with Crippen molar-refractivity contribution < 1.29 is 9.53 Å². The number of hydrogen-bond donors (Lipinski definition) is 0. The predicted octanol–water partition coefficient (Wildman–Crippen LogP) is 4.40. The highest BCUT2D eigenvalue weighted by atomic mass is 16.5. The van der Waals surface area contributed by atoms with E-state index in [9.17, 15) is 4.79 Å². The maximum absolute atomic E-state index is 12.9. The maximum atomic E-state index is 12.9. The lowest BCUT2D eigenvalue weighted by Crippen LogP contribution is -2.32. The molecule has 2 aromatic carbocycles. The van der Waals surface area contributed by atoms with Gasteiger partial charge in [0.25, 0.3) is 0 Å². The number of ether oxygens (including phenoxy) is 1. The first-order valence-corrected chi connectivity index (χ1v) is 9.98. The van der Waals surface area contributed by atoms with E-state index in [-0.39, 0.29) is 23.5 Å². The van der Waals surface area contributed by atoms with Gasteiger partial charge in [0.1, 0.15) is 11.9 Å². The summed E-state index contributed by atoms with van der Waals surface area (Å²) in [4.78, 5) is 17.1. The number of hydrogen-bond acceptors (Lipinski definition) is 3. The molecular formula is C24H32N2O2. The van der Waals surface area contributed by atoms with Gasteiger partial charge in [-0.1, -0.05) is 57.2 Å². The maximum Gasteiger partial charge on any atom is 0.241 e. The summed E-state index contributed by atoms with van der Waals surface area (Å²) in [6.45, 7) is 9.35. The number of rotatable bonds is 5. The summed E-state index contributed by atoms with van der Waals surface area (Å²) in [6.07, 6.45) is 0.808. The fourth-order valence-corrected chi connectivity index (χ4v) is 3.81. The minimum Gasteiger partial charge on any atom is -0.497 e. The van der Waals surface area contributed by atoms with Crippen LogP contribution in [0, 0.1) is 0 Å². The molecule has 0 saturated carbocycles. The van der Waals surface area contributed by atoms with E-state index >= 15 is 0 Å². The van der Waals surface area contributed by atoms with Crippen LogP contribution in [0.5, 0.6) is 5.75 Å². The van der Waals surface area contributed by atoms with Crippen LogP contribution in [-0.2, 0) is 16.6 Å². The summed E-state index contributed by atoms with van der Waals surface area (Å²) >= 11 is 0. The quantitative estimate of drug-likeness (QED) is 0.771. The lowest BCUT2D eigenvalue weighted by molar-refractivity contribution is -0.129. The van der Waals surface area contributed by atoms with Crippen molar-refractivity contribution in [3.05, 3.63) is 65.2 Å². The van der Waals surface area contributed by atoms with Crippen LogP contribution >= 0.6 is 0 Å². The van der Waals surface area contributed by atoms with Crippen molar-refractivity contribution in [1.82, 2.24) is 9.80 Å². The summed E-state index contributed by atoms with van der Waals surface area (Å²) < 4.78 is 5.23. The van der Waals surface area contributed by atoms with Crippen molar-refractivity contribution in [3.63, 3.8) is 0 Å². The second-order valence-electron chi connectivity index (χ2n) is 8.72. The SMILES string of the molecule is COc1ccc(CCN2C(=O)C(C)N(C)C2c2ccc(C(C)(C)C)cc2)cc1. The van der Waals surface area contributed by atoms with E-state index in [1.165, 1.54) is 16.7 Å². The molecule has 0 aromatic heterocycles. The molecule has 3 rings (SSSR count). The molecule has 2 aromatic rings. The van der Waals surface area contributed by atoms with E-state index < -0.39 is 0 Å². The molecule has 1 fully saturated rings. The van der Waals surface area contributed by atoms with Crippen LogP contribution in [0.15, 0.2) is 48.5 Å². The first-order valence-electron chi connectivity index (χ1n) is 9.98. The first-order chi connectivity index (χ1) is 13.2. The second kappa shape index (κ2) is 7.96. The third-order valence-corrected chi connectivity index (χ3v) is 5.81. The minimum atomic E-state index is -0.108. The molecule has 150 valence electrons. The summed E-state index contributed by atoms with van der Waals surface area (Å²) in [5, 5.41) is 0. The van der Waals surface area contributed by atoms with E-state index in [0.29, 0.717) is 6.54 Å². The average Bonchev–Trinajstić information content (AvgIpc) is 2.90. The molecule has 0 radical (unpaired) electrons. The van der Waals surface area contributed by atoms with Gasteiger partial charge in [0.05, 0.1) is 13.2 Å². The standard InChI is InChI=1S/C24H32N2O2/c1-17-23(27)26(16-15-18-7-13-21(28-6)14-8-18)22(25(17)5)19-9-11-20(12-10-19)24(2,3)4/h7-14,17,22H,15-16H2,1-6H3. The van der Waals surface area contributed by atoms with E-state index in [4.69, 9.17) is 4.74 Å². The Morgan fingerprint density at radius 3 is 2.14 bits per heavy atom. The topological polar surface area (TPSA) is 32.8 Å².